The minimum Gasteiger partial charge on any atom is -0.206 e. The van der Waals surface area contributed by atoms with Crippen LogP contribution in [0.15, 0.2) is 81.0 Å². The van der Waals surface area contributed by atoms with Crippen molar-refractivity contribution >= 4 is 50.2 Å². The first-order valence-electron chi connectivity index (χ1n) is 8.92. The summed E-state index contributed by atoms with van der Waals surface area (Å²) in [5.41, 5.74) is 2.63. The number of rotatable bonds is 4. The molecule has 0 spiro atoms. The summed E-state index contributed by atoms with van der Waals surface area (Å²) >= 11 is 6.39. The summed E-state index contributed by atoms with van der Waals surface area (Å²) in [6.07, 6.45) is 3.91. The fraction of sp³-hybridized carbons (Fsp3) is 0.0833. The number of thioether (sulfide) groups is 2. The normalized spacial score (nSPS) is 11.2. The van der Waals surface area contributed by atoms with Gasteiger partial charge in [-0.2, -0.15) is 0 Å². The van der Waals surface area contributed by atoms with Crippen LogP contribution in [0.1, 0.15) is 0 Å². The van der Waals surface area contributed by atoms with Crippen LogP contribution in [0.2, 0.25) is 0 Å². The summed E-state index contributed by atoms with van der Waals surface area (Å²) < 4.78 is 30.6. The zero-order valence-corrected chi connectivity index (χ0v) is 19.0. The second-order valence-corrected chi connectivity index (χ2v) is 9.11. The number of hydrogen-bond acceptors (Lipinski definition) is 2. The van der Waals surface area contributed by atoms with E-state index in [1.807, 2.05) is 61.0 Å². The molecule has 4 rings (SSSR count). The molecular weight excluding hydrogens is 470 g/mol. The Labute approximate surface area is 185 Å². The van der Waals surface area contributed by atoms with E-state index in [2.05, 4.69) is 15.9 Å². The quantitative estimate of drug-likeness (QED) is 0.264. The Balaban J connectivity index is 2.02. The molecule has 0 amide bonds. The molecule has 0 radical (unpaired) electrons. The molecule has 146 valence electrons. The topological polar surface area (TPSA) is 0 Å². The number of benzene rings is 4. The van der Waals surface area contributed by atoms with E-state index in [9.17, 15) is 4.39 Å². The van der Waals surface area contributed by atoms with Crippen LogP contribution in [0.25, 0.3) is 33.0 Å². The fourth-order valence-corrected chi connectivity index (χ4v) is 5.36. The van der Waals surface area contributed by atoms with E-state index in [-0.39, 0.29) is 11.6 Å². The van der Waals surface area contributed by atoms with Crippen LogP contribution in [0.4, 0.5) is 8.78 Å². The Bertz CT molecular complexity index is 1220. The van der Waals surface area contributed by atoms with E-state index in [0.717, 1.165) is 31.7 Å². The average molecular weight is 487 g/mol. The van der Waals surface area contributed by atoms with Crippen LogP contribution in [0.5, 0.6) is 0 Å². The number of fused-ring (bicyclic) bond motifs is 1. The molecule has 0 fully saturated rings. The van der Waals surface area contributed by atoms with E-state index >= 15 is 4.39 Å². The molecule has 0 aromatic heterocycles. The zero-order chi connectivity index (χ0) is 20.5. The molecule has 0 aliphatic rings. The lowest BCUT2D eigenvalue weighted by Gasteiger charge is -2.18. The summed E-state index contributed by atoms with van der Waals surface area (Å²) in [6, 6.07) is 20.1. The highest BCUT2D eigenvalue weighted by Gasteiger charge is 2.20. The van der Waals surface area contributed by atoms with Crippen LogP contribution in [0, 0.1) is 11.6 Å². The summed E-state index contributed by atoms with van der Waals surface area (Å²) in [6.45, 7) is 0. The van der Waals surface area contributed by atoms with Gasteiger partial charge in [0.15, 0.2) is 0 Å². The van der Waals surface area contributed by atoms with Crippen LogP contribution < -0.4 is 0 Å². The Morgan fingerprint density at radius 1 is 0.690 bits per heavy atom. The van der Waals surface area contributed by atoms with E-state index in [0.29, 0.717) is 15.6 Å². The Kier molecular flexibility index (Phi) is 6.00. The Hall–Kier alpha value is -1.82. The molecule has 0 nitrogen and oxygen atoms in total. The van der Waals surface area contributed by atoms with Gasteiger partial charge in [0.2, 0.25) is 0 Å². The summed E-state index contributed by atoms with van der Waals surface area (Å²) in [5.74, 6) is -0.584. The van der Waals surface area contributed by atoms with Gasteiger partial charge in [0, 0.05) is 31.0 Å². The molecule has 4 aromatic carbocycles. The Morgan fingerprint density at radius 2 is 1.34 bits per heavy atom. The summed E-state index contributed by atoms with van der Waals surface area (Å²) in [7, 11) is 0. The molecule has 0 saturated heterocycles. The van der Waals surface area contributed by atoms with Crippen LogP contribution in [-0.4, -0.2) is 12.5 Å². The third-order valence-corrected chi connectivity index (χ3v) is 6.98. The number of halogens is 3. The van der Waals surface area contributed by atoms with E-state index in [1.54, 1.807) is 23.9 Å². The maximum absolute atomic E-state index is 15.1. The average Bonchev–Trinajstić information content (AvgIpc) is 2.72. The molecule has 5 heteroatoms. The Morgan fingerprint density at radius 3 is 2.00 bits per heavy atom. The minimum atomic E-state index is -0.305. The molecule has 0 atom stereocenters. The first-order valence-corrected chi connectivity index (χ1v) is 12.2. The lowest BCUT2D eigenvalue weighted by Crippen LogP contribution is -1.95. The van der Waals surface area contributed by atoms with E-state index in [4.69, 9.17) is 0 Å². The van der Waals surface area contributed by atoms with Crippen molar-refractivity contribution in [3.05, 3.63) is 82.8 Å². The molecule has 0 aliphatic carbocycles. The predicted octanol–water partition coefficient (Wildman–Crippen LogP) is 8.66. The van der Waals surface area contributed by atoms with Gasteiger partial charge in [-0.25, -0.2) is 8.78 Å². The highest BCUT2D eigenvalue weighted by molar-refractivity contribution is 9.10. The van der Waals surface area contributed by atoms with Gasteiger partial charge < -0.3 is 0 Å². The SMILES string of the molecule is CSc1ccc(-c2cc3ccccc3cc2F)c(SC)c1-c1ccc(Br)cc1F. The third kappa shape index (κ3) is 3.83. The van der Waals surface area contributed by atoms with Crippen molar-refractivity contribution in [3.8, 4) is 22.3 Å². The lowest BCUT2D eigenvalue weighted by atomic mass is 9.96. The van der Waals surface area contributed by atoms with Gasteiger partial charge in [-0.15, -0.1) is 23.5 Å². The minimum absolute atomic E-state index is 0.280. The largest absolute Gasteiger partial charge is 0.206 e. The zero-order valence-electron chi connectivity index (χ0n) is 15.8. The fourth-order valence-electron chi connectivity index (χ4n) is 3.53. The maximum atomic E-state index is 15.1. The summed E-state index contributed by atoms with van der Waals surface area (Å²) in [4.78, 5) is 1.83. The van der Waals surface area contributed by atoms with Crippen molar-refractivity contribution < 1.29 is 8.78 Å². The molecule has 4 aromatic rings. The summed E-state index contributed by atoms with van der Waals surface area (Å²) in [5, 5.41) is 1.83. The van der Waals surface area contributed by atoms with Gasteiger partial charge in [-0.05, 0) is 59.2 Å². The van der Waals surface area contributed by atoms with Crippen molar-refractivity contribution in [3.63, 3.8) is 0 Å². The molecule has 0 unspecified atom stereocenters. The van der Waals surface area contributed by atoms with Gasteiger partial charge in [0.05, 0.1) is 0 Å². The lowest BCUT2D eigenvalue weighted by molar-refractivity contribution is 0.629. The van der Waals surface area contributed by atoms with Gasteiger partial charge in [-0.1, -0.05) is 52.3 Å². The second kappa shape index (κ2) is 8.50. The first kappa shape index (κ1) is 20.5. The van der Waals surface area contributed by atoms with Crippen LogP contribution >= 0.6 is 39.5 Å². The molecule has 0 heterocycles. The first-order chi connectivity index (χ1) is 14.0. The molecule has 0 saturated carbocycles. The van der Waals surface area contributed by atoms with E-state index in [1.165, 1.54) is 17.8 Å². The van der Waals surface area contributed by atoms with Gasteiger partial charge in [-0.3, -0.25) is 0 Å². The van der Waals surface area contributed by atoms with Crippen LogP contribution in [0.3, 0.4) is 0 Å². The van der Waals surface area contributed by atoms with Crippen molar-refractivity contribution in [1.29, 1.82) is 0 Å². The molecule has 0 N–H and O–H groups in total. The smallest absolute Gasteiger partial charge is 0.132 e. The molecular formula is C24H17BrF2S2. The van der Waals surface area contributed by atoms with Gasteiger partial charge in [0.1, 0.15) is 11.6 Å². The number of hydrogen-bond donors (Lipinski definition) is 0. The van der Waals surface area contributed by atoms with E-state index < -0.39 is 0 Å². The predicted molar refractivity (Wildman–Crippen MR) is 126 cm³/mol. The monoisotopic (exact) mass is 486 g/mol. The third-order valence-electron chi connectivity index (χ3n) is 4.87. The highest BCUT2D eigenvalue weighted by Crippen LogP contribution is 2.45. The molecule has 0 aliphatic heterocycles. The van der Waals surface area contributed by atoms with Gasteiger partial charge >= 0.3 is 0 Å². The molecule has 29 heavy (non-hydrogen) atoms. The van der Waals surface area contributed by atoms with Crippen LogP contribution in [-0.2, 0) is 0 Å². The second-order valence-electron chi connectivity index (χ2n) is 6.53. The van der Waals surface area contributed by atoms with Crippen molar-refractivity contribution in [2.75, 3.05) is 12.5 Å². The van der Waals surface area contributed by atoms with Gasteiger partial charge in [0.25, 0.3) is 0 Å². The van der Waals surface area contributed by atoms with Crippen molar-refractivity contribution in [1.82, 2.24) is 0 Å². The molecule has 0 bridgehead atoms. The maximum Gasteiger partial charge on any atom is 0.132 e. The standard InChI is InChI=1S/C24H17BrF2S2/c1-28-22-10-9-17(19-11-14-5-3-4-6-15(14)12-20(19)26)24(29-2)23(22)18-8-7-16(25)13-21(18)27/h3-13H,1-2H3. The highest BCUT2D eigenvalue weighted by atomic mass is 79.9. The van der Waals surface area contributed by atoms with Crippen molar-refractivity contribution in [2.45, 2.75) is 9.79 Å². The van der Waals surface area contributed by atoms with Crippen molar-refractivity contribution in [2.24, 2.45) is 0 Å².